The molecule has 2 aromatic carbocycles. The van der Waals surface area contributed by atoms with Crippen molar-refractivity contribution in [3.63, 3.8) is 0 Å². The first kappa shape index (κ1) is 20.5. The van der Waals surface area contributed by atoms with Gasteiger partial charge in [0.2, 0.25) is 11.7 Å². The van der Waals surface area contributed by atoms with Gasteiger partial charge in [0.15, 0.2) is 16.7 Å². The zero-order valence-corrected chi connectivity index (χ0v) is 17.2. The highest BCUT2D eigenvalue weighted by Gasteiger charge is 2.14. The highest BCUT2D eigenvalue weighted by Crippen LogP contribution is 2.38. The molecule has 0 spiro atoms. The van der Waals surface area contributed by atoms with E-state index in [1.165, 1.54) is 11.8 Å². The maximum atomic E-state index is 12.3. The van der Waals surface area contributed by atoms with Gasteiger partial charge >= 0.3 is 0 Å². The van der Waals surface area contributed by atoms with Gasteiger partial charge < -0.3 is 19.5 Å². The van der Waals surface area contributed by atoms with E-state index in [0.29, 0.717) is 28.9 Å². The van der Waals surface area contributed by atoms with Crippen LogP contribution in [0.4, 0.5) is 0 Å². The predicted molar refractivity (Wildman–Crippen MR) is 110 cm³/mol. The summed E-state index contributed by atoms with van der Waals surface area (Å²) in [6, 6.07) is 13.3. The Morgan fingerprint density at radius 2 is 1.76 bits per heavy atom. The van der Waals surface area contributed by atoms with Gasteiger partial charge in [-0.25, -0.2) is 0 Å². The fourth-order valence-electron chi connectivity index (χ4n) is 2.71. The third kappa shape index (κ3) is 5.00. The first-order chi connectivity index (χ1) is 14.2. The third-order valence-electron chi connectivity index (χ3n) is 4.10. The number of ether oxygens (including phenoxy) is 3. The van der Waals surface area contributed by atoms with Crippen LogP contribution in [0.1, 0.15) is 5.56 Å². The summed E-state index contributed by atoms with van der Waals surface area (Å²) in [6.07, 6.45) is 1.63. The van der Waals surface area contributed by atoms with Gasteiger partial charge in [0.05, 0.1) is 27.1 Å². The molecule has 3 aromatic rings. The first-order valence-corrected chi connectivity index (χ1v) is 9.78. The quantitative estimate of drug-likeness (QED) is 0.539. The number of aromatic nitrogens is 3. The fraction of sp³-hybridized carbons (Fsp3) is 0.250. The van der Waals surface area contributed by atoms with Gasteiger partial charge in [0.1, 0.15) is 6.33 Å². The minimum absolute atomic E-state index is 0.119. The van der Waals surface area contributed by atoms with Crippen molar-refractivity contribution >= 4 is 17.7 Å². The van der Waals surface area contributed by atoms with Gasteiger partial charge in [-0.2, -0.15) is 0 Å². The summed E-state index contributed by atoms with van der Waals surface area (Å²) >= 11 is 1.32. The summed E-state index contributed by atoms with van der Waals surface area (Å²) in [5.41, 5.74) is 1.78. The average molecular weight is 414 g/mol. The molecule has 0 radical (unpaired) electrons. The van der Waals surface area contributed by atoms with Crippen molar-refractivity contribution in [1.82, 2.24) is 20.1 Å². The molecule has 0 saturated heterocycles. The number of carbonyl (C=O) groups excluding carboxylic acids is 1. The second-order valence-corrected chi connectivity index (χ2v) is 6.86. The molecular formula is C20H22N4O4S. The minimum atomic E-state index is -0.119. The highest BCUT2D eigenvalue weighted by molar-refractivity contribution is 7.99. The Kier molecular flexibility index (Phi) is 6.96. The van der Waals surface area contributed by atoms with Crippen molar-refractivity contribution in [1.29, 1.82) is 0 Å². The lowest BCUT2D eigenvalue weighted by molar-refractivity contribution is -0.118. The topological polar surface area (TPSA) is 87.5 Å². The number of amides is 1. The van der Waals surface area contributed by atoms with E-state index in [0.717, 1.165) is 11.3 Å². The van der Waals surface area contributed by atoms with Crippen molar-refractivity contribution in [3.05, 3.63) is 54.4 Å². The van der Waals surface area contributed by atoms with Gasteiger partial charge in [-0.3, -0.25) is 9.36 Å². The van der Waals surface area contributed by atoms with Crippen LogP contribution in [-0.4, -0.2) is 47.8 Å². The Morgan fingerprint density at radius 1 is 1.07 bits per heavy atom. The van der Waals surface area contributed by atoms with Gasteiger partial charge in [0.25, 0.3) is 0 Å². The molecular weight excluding hydrogens is 392 g/mol. The molecule has 1 N–H and O–H groups in total. The van der Waals surface area contributed by atoms with Crippen LogP contribution < -0.4 is 19.5 Å². The second kappa shape index (κ2) is 9.83. The van der Waals surface area contributed by atoms with E-state index in [9.17, 15) is 4.79 Å². The van der Waals surface area contributed by atoms with Crippen LogP contribution in [0.2, 0.25) is 0 Å². The molecule has 9 heteroatoms. The second-order valence-electron chi connectivity index (χ2n) is 5.92. The van der Waals surface area contributed by atoms with E-state index in [2.05, 4.69) is 15.5 Å². The number of hydrogen-bond donors (Lipinski definition) is 1. The fourth-order valence-corrected chi connectivity index (χ4v) is 3.47. The lowest BCUT2D eigenvalue weighted by Crippen LogP contribution is -2.24. The van der Waals surface area contributed by atoms with Crippen molar-refractivity contribution in [2.24, 2.45) is 0 Å². The number of carbonyl (C=O) groups is 1. The molecule has 0 saturated carbocycles. The number of para-hydroxylation sites is 1. The molecule has 0 bridgehead atoms. The molecule has 3 rings (SSSR count). The molecule has 0 atom stereocenters. The standard InChI is InChI=1S/C20H22N4O4S/c1-26-16-9-14(10-17(27-2)19(16)28-3)11-21-18(25)12-29-20-23-22-13-24(20)15-7-5-4-6-8-15/h4-10,13H,11-12H2,1-3H3,(H,21,25). The lowest BCUT2D eigenvalue weighted by atomic mass is 10.2. The number of benzene rings is 2. The highest BCUT2D eigenvalue weighted by atomic mass is 32.2. The third-order valence-corrected chi connectivity index (χ3v) is 5.04. The van der Waals surface area contributed by atoms with Gasteiger partial charge in [-0.15, -0.1) is 10.2 Å². The van der Waals surface area contributed by atoms with E-state index in [1.54, 1.807) is 39.8 Å². The van der Waals surface area contributed by atoms with Gasteiger partial charge in [0, 0.05) is 12.2 Å². The lowest BCUT2D eigenvalue weighted by Gasteiger charge is -2.14. The summed E-state index contributed by atoms with van der Waals surface area (Å²) in [5, 5.41) is 11.6. The summed E-state index contributed by atoms with van der Waals surface area (Å²) < 4.78 is 17.8. The summed E-state index contributed by atoms with van der Waals surface area (Å²) in [4.78, 5) is 12.3. The zero-order chi connectivity index (χ0) is 20.6. The van der Waals surface area contributed by atoms with Crippen LogP contribution in [0.25, 0.3) is 5.69 Å². The summed E-state index contributed by atoms with van der Waals surface area (Å²) in [5.74, 6) is 1.70. The summed E-state index contributed by atoms with van der Waals surface area (Å²) in [6.45, 7) is 0.335. The van der Waals surface area contributed by atoms with Crippen LogP contribution in [0.5, 0.6) is 17.2 Å². The van der Waals surface area contributed by atoms with Crippen LogP contribution in [0, 0.1) is 0 Å². The maximum Gasteiger partial charge on any atom is 0.230 e. The largest absolute Gasteiger partial charge is 0.493 e. The Morgan fingerprint density at radius 3 is 2.38 bits per heavy atom. The number of methoxy groups -OCH3 is 3. The molecule has 1 heterocycles. The van der Waals surface area contributed by atoms with Crippen LogP contribution in [0.15, 0.2) is 53.9 Å². The Balaban J connectivity index is 1.60. The molecule has 1 aromatic heterocycles. The van der Waals surface area contributed by atoms with E-state index in [-0.39, 0.29) is 11.7 Å². The van der Waals surface area contributed by atoms with E-state index < -0.39 is 0 Å². The minimum Gasteiger partial charge on any atom is -0.493 e. The molecule has 1 amide bonds. The van der Waals surface area contributed by atoms with Crippen LogP contribution >= 0.6 is 11.8 Å². The zero-order valence-electron chi connectivity index (χ0n) is 16.4. The summed E-state index contributed by atoms with van der Waals surface area (Å²) in [7, 11) is 4.66. The van der Waals surface area contributed by atoms with E-state index in [4.69, 9.17) is 14.2 Å². The smallest absolute Gasteiger partial charge is 0.230 e. The SMILES string of the molecule is COc1cc(CNC(=O)CSc2nncn2-c2ccccc2)cc(OC)c1OC. The molecule has 0 fully saturated rings. The number of nitrogens with zero attached hydrogens (tertiary/aromatic N) is 3. The number of hydrogen-bond acceptors (Lipinski definition) is 7. The molecule has 29 heavy (non-hydrogen) atoms. The van der Waals surface area contributed by atoms with Crippen LogP contribution in [-0.2, 0) is 11.3 Å². The molecule has 0 aliphatic carbocycles. The van der Waals surface area contributed by atoms with Crippen molar-refractivity contribution in [2.45, 2.75) is 11.7 Å². The number of thioether (sulfide) groups is 1. The molecule has 0 unspecified atom stereocenters. The van der Waals surface area contributed by atoms with E-state index >= 15 is 0 Å². The normalized spacial score (nSPS) is 10.4. The van der Waals surface area contributed by atoms with Crippen LogP contribution in [0.3, 0.4) is 0 Å². The van der Waals surface area contributed by atoms with Gasteiger partial charge in [-0.1, -0.05) is 30.0 Å². The van der Waals surface area contributed by atoms with E-state index in [1.807, 2.05) is 34.9 Å². The number of nitrogens with one attached hydrogen (secondary N) is 1. The van der Waals surface area contributed by atoms with Crippen molar-refractivity contribution in [2.75, 3.05) is 27.1 Å². The van der Waals surface area contributed by atoms with Gasteiger partial charge in [-0.05, 0) is 29.8 Å². The Bertz CT molecular complexity index is 937. The molecule has 0 aliphatic rings. The monoisotopic (exact) mass is 414 g/mol. The Labute approximate surface area is 173 Å². The number of rotatable bonds is 9. The predicted octanol–water partition coefficient (Wildman–Crippen LogP) is 2.70. The Hall–Kier alpha value is -3.20. The molecule has 8 nitrogen and oxygen atoms in total. The maximum absolute atomic E-state index is 12.3. The first-order valence-electron chi connectivity index (χ1n) is 8.80. The average Bonchev–Trinajstić information content (AvgIpc) is 3.24. The van der Waals surface area contributed by atoms with Crippen molar-refractivity contribution in [3.8, 4) is 22.9 Å². The molecule has 152 valence electrons. The molecule has 0 aliphatic heterocycles. The van der Waals surface area contributed by atoms with Crippen molar-refractivity contribution < 1.29 is 19.0 Å².